The number of rotatable bonds is 6. The number of esters is 1. The Labute approximate surface area is 174 Å². The standard InChI is InChI=1S/C23H23N3O4/c1-15-8-6-11-18(16(15)2)24-19-10-5-4-9-17(19)23(29)30-14-21(27)25-22(28)20-12-7-13-26(20)3/h4-13,24H,14H2,1-3H3,(H,25,27,28). The maximum atomic E-state index is 12.5. The van der Waals surface area contributed by atoms with Gasteiger partial charge >= 0.3 is 5.97 Å². The minimum atomic E-state index is -0.700. The summed E-state index contributed by atoms with van der Waals surface area (Å²) in [5.41, 5.74) is 4.26. The van der Waals surface area contributed by atoms with Crippen LogP contribution in [-0.4, -0.2) is 29.0 Å². The molecule has 0 unspecified atom stereocenters. The Hall–Kier alpha value is -3.87. The smallest absolute Gasteiger partial charge is 0.340 e. The lowest BCUT2D eigenvalue weighted by Gasteiger charge is -2.14. The van der Waals surface area contributed by atoms with E-state index in [2.05, 4.69) is 10.6 Å². The first-order chi connectivity index (χ1) is 14.4. The number of carbonyl (C=O) groups excluding carboxylic acids is 3. The highest BCUT2D eigenvalue weighted by Crippen LogP contribution is 2.25. The third-order valence-corrected chi connectivity index (χ3v) is 4.78. The maximum Gasteiger partial charge on any atom is 0.340 e. The number of nitrogens with one attached hydrogen (secondary N) is 2. The van der Waals surface area contributed by atoms with E-state index in [4.69, 9.17) is 4.74 Å². The summed E-state index contributed by atoms with van der Waals surface area (Å²) in [6, 6.07) is 16.0. The molecule has 7 heteroatoms. The minimum absolute atomic E-state index is 0.292. The Kier molecular flexibility index (Phi) is 6.32. The topological polar surface area (TPSA) is 89.4 Å². The fourth-order valence-corrected chi connectivity index (χ4v) is 2.93. The van der Waals surface area contributed by atoms with Crippen LogP contribution in [0.15, 0.2) is 60.8 Å². The predicted molar refractivity (Wildman–Crippen MR) is 114 cm³/mol. The van der Waals surface area contributed by atoms with Gasteiger partial charge in [-0.05, 0) is 55.3 Å². The molecule has 0 spiro atoms. The van der Waals surface area contributed by atoms with Gasteiger partial charge in [0.25, 0.3) is 11.8 Å². The summed E-state index contributed by atoms with van der Waals surface area (Å²) in [5, 5.41) is 5.46. The van der Waals surface area contributed by atoms with Crippen molar-refractivity contribution < 1.29 is 19.1 Å². The molecule has 3 aromatic rings. The lowest BCUT2D eigenvalue weighted by molar-refractivity contribution is -0.123. The number of aryl methyl sites for hydroxylation is 2. The Morgan fingerprint density at radius 2 is 1.67 bits per heavy atom. The van der Waals surface area contributed by atoms with E-state index >= 15 is 0 Å². The molecule has 7 nitrogen and oxygen atoms in total. The van der Waals surface area contributed by atoms with Crippen LogP contribution >= 0.6 is 0 Å². The van der Waals surface area contributed by atoms with E-state index in [0.717, 1.165) is 16.8 Å². The fourth-order valence-electron chi connectivity index (χ4n) is 2.93. The van der Waals surface area contributed by atoms with Gasteiger partial charge in [0, 0.05) is 18.9 Å². The molecule has 1 heterocycles. The number of hydrogen-bond acceptors (Lipinski definition) is 5. The largest absolute Gasteiger partial charge is 0.452 e. The van der Waals surface area contributed by atoms with Gasteiger partial charge in [-0.25, -0.2) is 4.79 Å². The number of hydrogen-bond donors (Lipinski definition) is 2. The van der Waals surface area contributed by atoms with Crippen LogP contribution in [0.4, 0.5) is 11.4 Å². The molecule has 2 N–H and O–H groups in total. The first-order valence-electron chi connectivity index (χ1n) is 9.41. The number of carbonyl (C=O) groups is 3. The van der Waals surface area contributed by atoms with Gasteiger partial charge in [-0.1, -0.05) is 24.3 Å². The molecule has 2 amide bonds. The summed E-state index contributed by atoms with van der Waals surface area (Å²) < 4.78 is 6.71. The highest BCUT2D eigenvalue weighted by atomic mass is 16.5. The number of amides is 2. The van der Waals surface area contributed by atoms with E-state index in [9.17, 15) is 14.4 Å². The van der Waals surface area contributed by atoms with E-state index in [1.165, 1.54) is 0 Å². The molecule has 30 heavy (non-hydrogen) atoms. The van der Waals surface area contributed by atoms with Crippen molar-refractivity contribution in [1.82, 2.24) is 9.88 Å². The monoisotopic (exact) mass is 405 g/mol. The van der Waals surface area contributed by atoms with Crippen molar-refractivity contribution in [3.05, 3.63) is 83.2 Å². The number of benzene rings is 2. The van der Waals surface area contributed by atoms with Crippen LogP contribution in [0, 0.1) is 13.8 Å². The average Bonchev–Trinajstić information content (AvgIpc) is 3.16. The van der Waals surface area contributed by atoms with Gasteiger partial charge in [0.2, 0.25) is 0 Å². The summed E-state index contributed by atoms with van der Waals surface area (Å²) in [6.45, 7) is 3.44. The van der Waals surface area contributed by atoms with Crippen molar-refractivity contribution in [2.75, 3.05) is 11.9 Å². The van der Waals surface area contributed by atoms with Gasteiger partial charge in [-0.2, -0.15) is 0 Å². The molecule has 1 aromatic heterocycles. The molecule has 0 bridgehead atoms. The first-order valence-corrected chi connectivity index (χ1v) is 9.41. The quantitative estimate of drug-likeness (QED) is 0.613. The van der Waals surface area contributed by atoms with Crippen molar-refractivity contribution in [2.24, 2.45) is 7.05 Å². The van der Waals surface area contributed by atoms with E-state index in [1.807, 2.05) is 32.0 Å². The van der Waals surface area contributed by atoms with Gasteiger partial charge in [-0.3, -0.25) is 14.9 Å². The Morgan fingerprint density at radius 3 is 2.40 bits per heavy atom. The number of aromatic nitrogens is 1. The normalized spacial score (nSPS) is 10.4. The lowest BCUT2D eigenvalue weighted by Crippen LogP contribution is -2.35. The molecule has 2 aromatic carbocycles. The number of ether oxygens (including phenoxy) is 1. The van der Waals surface area contributed by atoms with E-state index < -0.39 is 24.4 Å². The van der Waals surface area contributed by atoms with Gasteiger partial charge in [0.15, 0.2) is 6.61 Å². The summed E-state index contributed by atoms with van der Waals surface area (Å²) in [5.74, 6) is -1.92. The first kappa shape index (κ1) is 20.9. The van der Waals surface area contributed by atoms with Gasteiger partial charge in [0.05, 0.1) is 11.3 Å². The summed E-state index contributed by atoms with van der Waals surface area (Å²) >= 11 is 0. The summed E-state index contributed by atoms with van der Waals surface area (Å²) in [7, 11) is 1.69. The SMILES string of the molecule is Cc1cccc(Nc2ccccc2C(=O)OCC(=O)NC(=O)c2cccn2C)c1C. The van der Waals surface area contributed by atoms with Crippen molar-refractivity contribution in [2.45, 2.75) is 13.8 Å². The van der Waals surface area contributed by atoms with Crippen LogP contribution in [0.3, 0.4) is 0 Å². The second kappa shape index (κ2) is 9.09. The second-order valence-electron chi connectivity index (χ2n) is 6.88. The van der Waals surface area contributed by atoms with Crippen LogP contribution in [-0.2, 0) is 16.6 Å². The molecule has 0 saturated heterocycles. The molecule has 0 aliphatic heterocycles. The zero-order chi connectivity index (χ0) is 21.7. The van der Waals surface area contributed by atoms with Crippen LogP contribution in [0.2, 0.25) is 0 Å². The molecule has 0 fully saturated rings. The lowest BCUT2D eigenvalue weighted by atomic mass is 10.1. The van der Waals surface area contributed by atoms with Crippen LogP contribution in [0.5, 0.6) is 0 Å². The number of para-hydroxylation sites is 1. The zero-order valence-electron chi connectivity index (χ0n) is 17.1. The minimum Gasteiger partial charge on any atom is -0.452 e. The highest BCUT2D eigenvalue weighted by Gasteiger charge is 2.17. The van der Waals surface area contributed by atoms with E-state index in [-0.39, 0.29) is 0 Å². The van der Waals surface area contributed by atoms with Crippen LogP contribution < -0.4 is 10.6 Å². The van der Waals surface area contributed by atoms with Crippen LogP contribution in [0.1, 0.15) is 32.0 Å². The number of nitrogens with zero attached hydrogens (tertiary/aromatic N) is 1. The molecule has 0 aliphatic rings. The third kappa shape index (κ3) is 4.75. The van der Waals surface area contributed by atoms with Gasteiger partial charge < -0.3 is 14.6 Å². The summed E-state index contributed by atoms with van der Waals surface area (Å²) in [6.07, 6.45) is 1.69. The fraction of sp³-hybridized carbons (Fsp3) is 0.174. The Morgan fingerprint density at radius 1 is 0.933 bits per heavy atom. The molecule has 154 valence electrons. The highest BCUT2D eigenvalue weighted by molar-refractivity contribution is 6.05. The zero-order valence-corrected chi connectivity index (χ0v) is 17.1. The van der Waals surface area contributed by atoms with E-state index in [1.54, 1.807) is 54.2 Å². The second-order valence-corrected chi connectivity index (χ2v) is 6.88. The maximum absolute atomic E-state index is 12.5. The number of imide groups is 1. The Balaban J connectivity index is 1.64. The molecule has 0 radical (unpaired) electrons. The third-order valence-electron chi connectivity index (χ3n) is 4.78. The predicted octanol–water partition coefficient (Wildman–Crippen LogP) is 3.50. The molecule has 3 rings (SSSR count). The van der Waals surface area contributed by atoms with Crippen molar-refractivity contribution in [3.63, 3.8) is 0 Å². The molecule has 0 atom stereocenters. The van der Waals surface area contributed by atoms with E-state index in [0.29, 0.717) is 16.9 Å². The Bertz CT molecular complexity index is 1100. The van der Waals surface area contributed by atoms with Crippen molar-refractivity contribution in [1.29, 1.82) is 0 Å². The number of anilines is 2. The molecular formula is C23H23N3O4. The van der Waals surface area contributed by atoms with Gasteiger partial charge in [0.1, 0.15) is 5.69 Å². The molecular weight excluding hydrogens is 382 g/mol. The van der Waals surface area contributed by atoms with Crippen molar-refractivity contribution >= 4 is 29.2 Å². The van der Waals surface area contributed by atoms with Crippen molar-refractivity contribution in [3.8, 4) is 0 Å². The summed E-state index contributed by atoms with van der Waals surface area (Å²) in [4.78, 5) is 36.6. The van der Waals surface area contributed by atoms with Crippen LogP contribution in [0.25, 0.3) is 0 Å². The average molecular weight is 405 g/mol. The molecule has 0 aliphatic carbocycles. The van der Waals surface area contributed by atoms with Gasteiger partial charge in [-0.15, -0.1) is 0 Å². The molecule has 0 saturated carbocycles.